The minimum absolute atomic E-state index is 0.0248. The lowest BCUT2D eigenvalue weighted by Gasteiger charge is -2.29. The Labute approximate surface area is 181 Å². The fourth-order valence-electron chi connectivity index (χ4n) is 3.23. The smallest absolute Gasteiger partial charge is 0.270 e. The maximum atomic E-state index is 13.2. The normalized spacial score (nSPS) is 15.7. The van der Waals surface area contributed by atoms with Crippen LogP contribution in [0.4, 0.5) is 5.69 Å². The molecule has 1 aliphatic heterocycles. The molecule has 0 unspecified atom stereocenters. The van der Waals surface area contributed by atoms with Gasteiger partial charge in [-0.1, -0.05) is 34.1 Å². The van der Waals surface area contributed by atoms with Gasteiger partial charge in [0.15, 0.2) is 5.11 Å². The van der Waals surface area contributed by atoms with Gasteiger partial charge < -0.3 is 4.57 Å². The first-order chi connectivity index (χ1) is 14.0. The van der Waals surface area contributed by atoms with Crippen LogP contribution in [0.1, 0.15) is 11.4 Å². The number of halogens is 1. The van der Waals surface area contributed by atoms with Crippen molar-refractivity contribution < 1.29 is 9.59 Å². The second-order valence-electron chi connectivity index (χ2n) is 6.50. The second-order valence-corrected chi connectivity index (χ2v) is 7.81. The molecule has 1 N–H and O–H groups in total. The Bertz CT molecular complexity index is 1150. The van der Waals surface area contributed by atoms with Crippen molar-refractivity contribution in [1.29, 1.82) is 0 Å². The minimum Gasteiger partial charge on any atom is -0.314 e. The van der Waals surface area contributed by atoms with E-state index in [2.05, 4.69) is 21.2 Å². The van der Waals surface area contributed by atoms with Crippen LogP contribution < -0.4 is 10.2 Å². The first kappa shape index (κ1) is 19.3. The second kappa shape index (κ2) is 7.77. The molecule has 3 aromatic rings. The Kier molecular flexibility index (Phi) is 5.17. The highest BCUT2D eigenvalue weighted by molar-refractivity contribution is 9.10. The van der Waals surface area contributed by atoms with E-state index >= 15 is 0 Å². The number of nitrogens with zero attached hydrogens (tertiary/aromatic N) is 2. The molecule has 1 aliphatic rings. The van der Waals surface area contributed by atoms with Crippen LogP contribution in [0, 0.1) is 6.92 Å². The van der Waals surface area contributed by atoms with Crippen LogP contribution >= 0.6 is 28.1 Å². The highest BCUT2D eigenvalue weighted by Crippen LogP contribution is 2.25. The molecule has 7 heteroatoms. The van der Waals surface area contributed by atoms with E-state index in [1.165, 1.54) is 4.90 Å². The van der Waals surface area contributed by atoms with Crippen molar-refractivity contribution in [3.63, 3.8) is 0 Å². The van der Waals surface area contributed by atoms with Gasteiger partial charge in [-0.2, -0.15) is 0 Å². The zero-order valence-corrected chi connectivity index (χ0v) is 17.8. The molecule has 2 amide bonds. The molecule has 1 aromatic heterocycles. The third kappa shape index (κ3) is 3.66. The van der Waals surface area contributed by atoms with Gasteiger partial charge >= 0.3 is 0 Å². The summed E-state index contributed by atoms with van der Waals surface area (Å²) in [7, 11) is 0. The van der Waals surface area contributed by atoms with E-state index < -0.39 is 11.8 Å². The lowest BCUT2D eigenvalue weighted by atomic mass is 10.1. The molecule has 1 saturated heterocycles. The SMILES string of the molecule is Cc1ccc(/C=C2\C(=O)NC(=S)N(c3ccc(Br)cc3)C2=O)n1-c1ccccc1. The quantitative estimate of drug-likeness (QED) is 0.354. The Balaban J connectivity index is 1.78. The molecular formula is C22H16BrN3O2S. The number of rotatable bonds is 3. The topological polar surface area (TPSA) is 54.3 Å². The number of thiocarbonyl (C=S) groups is 1. The van der Waals surface area contributed by atoms with Gasteiger partial charge in [0.05, 0.1) is 5.69 Å². The Morgan fingerprint density at radius 3 is 2.31 bits per heavy atom. The van der Waals surface area contributed by atoms with E-state index in [1.54, 1.807) is 18.2 Å². The summed E-state index contributed by atoms with van der Waals surface area (Å²) in [4.78, 5) is 27.1. The average Bonchev–Trinajstić information content (AvgIpc) is 3.07. The molecule has 4 rings (SSSR count). The highest BCUT2D eigenvalue weighted by atomic mass is 79.9. The van der Waals surface area contributed by atoms with Gasteiger partial charge in [0.25, 0.3) is 11.8 Å². The van der Waals surface area contributed by atoms with E-state index in [0.717, 1.165) is 21.5 Å². The van der Waals surface area contributed by atoms with Crippen molar-refractivity contribution in [2.24, 2.45) is 0 Å². The van der Waals surface area contributed by atoms with Crippen LogP contribution in [-0.4, -0.2) is 21.5 Å². The number of carbonyl (C=O) groups is 2. The summed E-state index contributed by atoms with van der Waals surface area (Å²) in [6, 6.07) is 20.8. The van der Waals surface area contributed by atoms with Crippen molar-refractivity contribution in [3.05, 3.63) is 88.2 Å². The number of hydrogen-bond donors (Lipinski definition) is 1. The van der Waals surface area contributed by atoms with Gasteiger partial charge in [-0.3, -0.25) is 19.8 Å². The van der Waals surface area contributed by atoms with E-state index in [1.807, 2.05) is 66.1 Å². The van der Waals surface area contributed by atoms with Crippen LogP contribution in [0.3, 0.4) is 0 Å². The van der Waals surface area contributed by atoms with Gasteiger partial charge in [-0.05, 0) is 73.7 Å². The minimum atomic E-state index is -0.508. The number of benzene rings is 2. The first-order valence-corrected chi connectivity index (χ1v) is 10.1. The van der Waals surface area contributed by atoms with Crippen molar-refractivity contribution in [3.8, 4) is 5.69 Å². The monoisotopic (exact) mass is 465 g/mol. The molecule has 0 bridgehead atoms. The van der Waals surface area contributed by atoms with E-state index in [4.69, 9.17) is 12.2 Å². The van der Waals surface area contributed by atoms with E-state index in [0.29, 0.717) is 5.69 Å². The number of aromatic nitrogens is 1. The molecule has 0 radical (unpaired) electrons. The fourth-order valence-corrected chi connectivity index (χ4v) is 3.78. The standard InChI is InChI=1S/C22H16BrN3O2S/c1-14-7-10-18(25(14)16-5-3-2-4-6-16)13-19-20(27)24-22(29)26(21(19)28)17-11-8-15(23)9-12-17/h2-13H,1H3,(H,24,27,29)/b19-13+. The third-order valence-electron chi connectivity index (χ3n) is 4.60. The number of amides is 2. The predicted octanol–water partition coefficient (Wildman–Crippen LogP) is 4.38. The molecule has 29 heavy (non-hydrogen) atoms. The molecule has 144 valence electrons. The van der Waals surface area contributed by atoms with Crippen molar-refractivity contribution in [2.45, 2.75) is 6.92 Å². The molecule has 0 aliphatic carbocycles. The summed E-state index contributed by atoms with van der Waals surface area (Å²) in [6.45, 7) is 1.97. The molecule has 0 atom stereocenters. The highest BCUT2D eigenvalue weighted by Gasteiger charge is 2.34. The Morgan fingerprint density at radius 1 is 0.931 bits per heavy atom. The zero-order chi connectivity index (χ0) is 20.5. The summed E-state index contributed by atoms with van der Waals surface area (Å²) in [6.07, 6.45) is 1.60. The number of nitrogens with one attached hydrogen (secondary N) is 1. The summed E-state index contributed by atoms with van der Waals surface area (Å²) in [5.41, 5.74) is 3.29. The summed E-state index contributed by atoms with van der Waals surface area (Å²) in [5.74, 6) is -0.966. The Morgan fingerprint density at radius 2 is 1.62 bits per heavy atom. The van der Waals surface area contributed by atoms with Crippen molar-refractivity contribution in [2.75, 3.05) is 4.90 Å². The number of hydrogen-bond acceptors (Lipinski definition) is 3. The lowest BCUT2D eigenvalue weighted by molar-refractivity contribution is -0.122. The molecule has 0 saturated carbocycles. The summed E-state index contributed by atoms with van der Waals surface area (Å²) in [5, 5.41) is 2.68. The first-order valence-electron chi connectivity index (χ1n) is 8.86. The van der Waals surface area contributed by atoms with Gasteiger partial charge in [0.1, 0.15) is 5.57 Å². The number of para-hydroxylation sites is 1. The zero-order valence-electron chi connectivity index (χ0n) is 15.4. The van der Waals surface area contributed by atoms with Crippen LogP contribution in [0.5, 0.6) is 0 Å². The van der Waals surface area contributed by atoms with Gasteiger partial charge in [0.2, 0.25) is 0 Å². The number of carbonyl (C=O) groups excluding carboxylic acids is 2. The molecule has 2 heterocycles. The number of aryl methyl sites for hydroxylation is 1. The van der Waals surface area contributed by atoms with Crippen molar-refractivity contribution >= 4 is 56.8 Å². The molecular weight excluding hydrogens is 450 g/mol. The van der Waals surface area contributed by atoms with Crippen LogP contribution in [-0.2, 0) is 9.59 Å². The van der Waals surface area contributed by atoms with Crippen LogP contribution in [0.15, 0.2) is 76.8 Å². The Hall–Kier alpha value is -3.03. The van der Waals surface area contributed by atoms with E-state index in [-0.39, 0.29) is 10.7 Å². The van der Waals surface area contributed by atoms with Gasteiger partial charge in [-0.15, -0.1) is 0 Å². The molecule has 2 aromatic carbocycles. The number of anilines is 1. The van der Waals surface area contributed by atoms with Crippen molar-refractivity contribution in [1.82, 2.24) is 9.88 Å². The van der Waals surface area contributed by atoms with Crippen LogP contribution in [0.2, 0.25) is 0 Å². The molecule has 0 spiro atoms. The summed E-state index contributed by atoms with van der Waals surface area (Å²) < 4.78 is 2.87. The average molecular weight is 466 g/mol. The van der Waals surface area contributed by atoms with Crippen LogP contribution in [0.25, 0.3) is 11.8 Å². The largest absolute Gasteiger partial charge is 0.314 e. The maximum Gasteiger partial charge on any atom is 0.270 e. The fraction of sp³-hybridized carbons (Fsp3) is 0.0455. The molecule has 1 fully saturated rings. The maximum absolute atomic E-state index is 13.2. The molecule has 5 nitrogen and oxygen atoms in total. The van der Waals surface area contributed by atoms with Gasteiger partial charge in [0, 0.05) is 21.5 Å². The van der Waals surface area contributed by atoms with E-state index in [9.17, 15) is 9.59 Å². The summed E-state index contributed by atoms with van der Waals surface area (Å²) >= 11 is 8.63. The van der Waals surface area contributed by atoms with Gasteiger partial charge in [-0.25, -0.2) is 0 Å². The third-order valence-corrected chi connectivity index (χ3v) is 5.41. The predicted molar refractivity (Wildman–Crippen MR) is 121 cm³/mol. The lowest BCUT2D eigenvalue weighted by Crippen LogP contribution is -2.54.